The first kappa shape index (κ1) is 12.7. The minimum atomic E-state index is 0.240. The Morgan fingerprint density at radius 1 is 1.37 bits per heavy atom. The molecule has 0 amide bonds. The number of piperidine rings is 1. The van der Waals surface area contributed by atoms with E-state index in [0.717, 1.165) is 43.3 Å². The van der Waals surface area contributed by atoms with Crippen LogP contribution in [-0.4, -0.2) is 36.9 Å². The van der Waals surface area contributed by atoms with Gasteiger partial charge in [0.05, 0.1) is 13.2 Å². The summed E-state index contributed by atoms with van der Waals surface area (Å²) in [7, 11) is 0. The molecule has 3 heteroatoms. The third kappa shape index (κ3) is 2.81. The monoisotopic (exact) mass is 259 g/mol. The van der Waals surface area contributed by atoms with Crippen molar-refractivity contribution in [2.24, 2.45) is 5.92 Å². The fourth-order valence-corrected chi connectivity index (χ4v) is 2.87. The van der Waals surface area contributed by atoms with Gasteiger partial charge in [-0.05, 0) is 55.6 Å². The first-order valence-corrected chi connectivity index (χ1v) is 7.23. The fourth-order valence-electron chi connectivity index (χ4n) is 2.87. The second-order valence-corrected chi connectivity index (χ2v) is 5.80. The van der Waals surface area contributed by atoms with E-state index in [4.69, 9.17) is 4.74 Å². The molecule has 1 aromatic carbocycles. The molecule has 3 nitrogen and oxygen atoms in total. The van der Waals surface area contributed by atoms with Gasteiger partial charge in [-0.3, -0.25) is 9.69 Å². The first-order chi connectivity index (χ1) is 9.22. The maximum atomic E-state index is 12.3. The smallest absolute Gasteiger partial charge is 0.176 e. The molecule has 0 saturated carbocycles. The lowest BCUT2D eigenvalue weighted by atomic mass is 9.98. The van der Waals surface area contributed by atoms with E-state index in [1.807, 2.05) is 18.2 Å². The number of hydrogen-bond acceptors (Lipinski definition) is 3. The Kier molecular flexibility index (Phi) is 3.56. The average Bonchev–Trinajstić information content (AvgIpc) is 2.88. The van der Waals surface area contributed by atoms with E-state index in [0.29, 0.717) is 6.54 Å². The van der Waals surface area contributed by atoms with Crippen molar-refractivity contribution in [3.05, 3.63) is 29.3 Å². The maximum absolute atomic E-state index is 12.3. The standard InChI is InChI=1S/C16H21NO2/c1-12-4-7-17(8-5-12)11-15(18)13-2-3-16-14(10-13)6-9-19-16/h2-3,10,12H,4-9,11H2,1H3. The van der Waals surface area contributed by atoms with E-state index < -0.39 is 0 Å². The van der Waals surface area contributed by atoms with Crippen LogP contribution in [0.5, 0.6) is 5.75 Å². The van der Waals surface area contributed by atoms with Crippen LogP contribution in [0.25, 0.3) is 0 Å². The van der Waals surface area contributed by atoms with Gasteiger partial charge < -0.3 is 4.74 Å². The van der Waals surface area contributed by atoms with Gasteiger partial charge in [-0.1, -0.05) is 6.92 Å². The van der Waals surface area contributed by atoms with Crippen LogP contribution in [0, 0.1) is 5.92 Å². The van der Waals surface area contributed by atoms with Crippen molar-refractivity contribution in [2.45, 2.75) is 26.2 Å². The lowest BCUT2D eigenvalue weighted by Gasteiger charge is -2.29. The molecular weight excluding hydrogens is 238 g/mol. The van der Waals surface area contributed by atoms with Gasteiger partial charge in [0.1, 0.15) is 5.75 Å². The lowest BCUT2D eigenvalue weighted by molar-refractivity contribution is 0.0899. The normalized spacial score (nSPS) is 20.1. The van der Waals surface area contributed by atoms with Gasteiger partial charge in [0.15, 0.2) is 5.78 Å². The number of hydrogen-bond donors (Lipinski definition) is 0. The predicted molar refractivity (Wildman–Crippen MR) is 74.8 cm³/mol. The zero-order chi connectivity index (χ0) is 13.2. The molecule has 2 heterocycles. The average molecular weight is 259 g/mol. The zero-order valence-corrected chi connectivity index (χ0v) is 11.5. The summed E-state index contributed by atoms with van der Waals surface area (Å²) in [6.45, 7) is 5.71. The molecule has 102 valence electrons. The van der Waals surface area contributed by atoms with Crippen LogP contribution in [0.15, 0.2) is 18.2 Å². The summed E-state index contributed by atoms with van der Waals surface area (Å²) in [5, 5.41) is 0. The third-order valence-corrected chi connectivity index (χ3v) is 4.25. The number of rotatable bonds is 3. The SMILES string of the molecule is CC1CCN(CC(=O)c2ccc3c(c2)CCO3)CC1. The number of nitrogens with zero attached hydrogens (tertiary/aromatic N) is 1. The molecule has 2 aliphatic rings. The number of ether oxygens (including phenoxy) is 1. The summed E-state index contributed by atoms with van der Waals surface area (Å²) in [4.78, 5) is 14.6. The summed E-state index contributed by atoms with van der Waals surface area (Å²) in [5.41, 5.74) is 2.01. The molecule has 0 aliphatic carbocycles. The van der Waals surface area contributed by atoms with Crippen molar-refractivity contribution in [3.63, 3.8) is 0 Å². The van der Waals surface area contributed by atoms with Gasteiger partial charge in [-0.15, -0.1) is 0 Å². The van der Waals surface area contributed by atoms with Crippen LogP contribution in [0.4, 0.5) is 0 Å². The highest BCUT2D eigenvalue weighted by molar-refractivity contribution is 5.98. The Balaban J connectivity index is 1.64. The maximum Gasteiger partial charge on any atom is 0.176 e. The molecule has 0 N–H and O–H groups in total. The number of benzene rings is 1. The Morgan fingerprint density at radius 3 is 2.95 bits per heavy atom. The summed E-state index contributed by atoms with van der Waals surface area (Å²) in [5.74, 6) is 2.00. The number of carbonyl (C=O) groups is 1. The number of fused-ring (bicyclic) bond motifs is 1. The van der Waals surface area contributed by atoms with Crippen molar-refractivity contribution in [2.75, 3.05) is 26.2 Å². The van der Waals surface area contributed by atoms with E-state index in [1.165, 1.54) is 18.4 Å². The number of likely N-dealkylation sites (tertiary alicyclic amines) is 1. The zero-order valence-electron chi connectivity index (χ0n) is 11.5. The van der Waals surface area contributed by atoms with Crippen molar-refractivity contribution < 1.29 is 9.53 Å². The highest BCUT2D eigenvalue weighted by atomic mass is 16.5. The van der Waals surface area contributed by atoms with Crippen molar-refractivity contribution in [1.29, 1.82) is 0 Å². The van der Waals surface area contributed by atoms with Crippen molar-refractivity contribution >= 4 is 5.78 Å². The van der Waals surface area contributed by atoms with E-state index in [2.05, 4.69) is 11.8 Å². The number of carbonyl (C=O) groups excluding carboxylic acids is 1. The molecular formula is C16H21NO2. The summed E-state index contributed by atoms with van der Waals surface area (Å²) < 4.78 is 5.47. The molecule has 0 spiro atoms. The number of ketones is 1. The first-order valence-electron chi connectivity index (χ1n) is 7.23. The number of Topliss-reactive ketones (excluding diaryl/α,β-unsaturated/α-hetero) is 1. The second kappa shape index (κ2) is 5.33. The molecule has 1 aromatic rings. The molecule has 0 unspecified atom stereocenters. The molecule has 3 rings (SSSR count). The van der Waals surface area contributed by atoms with E-state index in [1.54, 1.807) is 0 Å². The second-order valence-electron chi connectivity index (χ2n) is 5.80. The van der Waals surface area contributed by atoms with Crippen LogP contribution in [0.3, 0.4) is 0 Å². The predicted octanol–water partition coefficient (Wildman–Crippen LogP) is 2.54. The quantitative estimate of drug-likeness (QED) is 0.781. The minimum Gasteiger partial charge on any atom is -0.493 e. The topological polar surface area (TPSA) is 29.5 Å². The van der Waals surface area contributed by atoms with Gasteiger partial charge in [-0.2, -0.15) is 0 Å². The molecule has 1 saturated heterocycles. The Bertz CT molecular complexity index is 476. The molecule has 0 aromatic heterocycles. The van der Waals surface area contributed by atoms with Crippen molar-refractivity contribution in [1.82, 2.24) is 4.90 Å². The molecule has 0 radical (unpaired) electrons. The molecule has 2 aliphatic heterocycles. The van der Waals surface area contributed by atoms with Crippen LogP contribution < -0.4 is 4.74 Å². The largest absolute Gasteiger partial charge is 0.493 e. The lowest BCUT2D eigenvalue weighted by Crippen LogP contribution is -2.36. The van der Waals surface area contributed by atoms with Gasteiger partial charge in [0, 0.05) is 12.0 Å². The van der Waals surface area contributed by atoms with Crippen LogP contribution in [0.1, 0.15) is 35.7 Å². The van der Waals surface area contributed by atoms with E-state index >= 15 is 0 Å². The Hall–Kier alpha value is -1.35. The molecule has 1 fully saturated rings. The molecule has 0 atom stereocenters. The molecule has 0 bridgehead atoms. The van der Waals surface area contributed by atoms with Gasteiger partial charge in [0.2, 0.25) is 0 Å². The van der Waals surface area contributed by atoms with Crippen molar-refractivity contribution in [3.8, 4) is 5.75 Å². The van der Waals surface area contributed by atoms with Crippen LogP contribution >= 0.6 is 0 Å². The highest BCUT2D eigenvalue weighted by Crippen LogP contribution is 2.26. The fraction of sp³-hybridized carbons (Fsp3) is 0.562. The highest BCUT2D eigenvalue weighted by Gasteiger charge is 2.20. The third-order valence-electron chi connectivity index (χ3n) is 4.25. The van der Waals surface area contributed by atoms with Gasteiger partial charge in [-0.25, -0.2) is 0 Å². The van der Waals surface area contributed by atoms with Crippen LogP contribution in [-0.2, 0) is 6.42 Å². The van der Waals surface area contributed by atoms with Gasteiger partial charge in [0.25, 0.3) is 0 Å². The minimum absolute atomic E-state index is 0.240. The summed E-state index contributed by atoms with van der Waals surface area (Å²) in [6, 6.07) is 5.85. The van der Waals surface area contributed by atoms with E-state index in [9.17, 15) is 4.79 Å². The van der Waals surface area contributed by atoms with Gasteiger partial charge >= 0.3 is 0 Å². The van der Waals surface area contributed by atoms with E-state index in [-0.39, 0.29) is 5.78 Å². The van der Waals surface area contributed by atoms with Crippen LogP contribution in [0.2, 0.25) is 0 Å². The Morgan fingerprint density at radius 2 is 2.16 bits per heavy atom. The summed E-state index contributed by atoms with van der Waals surface area (Å²) >= 11 is 0. The summed E-state index contributed by atoms with van der Waals surface area (Å²) in [6.07, 6.45) is 3.36. The Labute approximate surface area is 114 Å². The molecule has 19 heavy (non-hydrogen) atoms.